The van der Waals surface area contributed by atoms with Gasteiger partial charge in [-0.2, -0.15) is 0 Å². The lowest BCUT2D eigenvalue weighted by molar-refractivity contribution is 0.0784. The minimum atomic E-state index is -0.732. The lowest BCUT2D eigenvalue weighted by Crippen LogP contribution is -2.21. The molecule has 1 heteroatoms. The highest BCUT2D eigenvalue weighted by molar-refractivity contribution is 5.30. The maximum Gasteiger partial charge on any atom is 0.0840 e. The fraction of sp³-hybridized carbons (Fsp3) is 0.647. The molecule has 0 atom stereocenters. The van der Waals surface area contributed by atoms with E-state index in [1.165, 1.54) is 31.2 Å². The largest absolute Gasteiger partial charge is 0.386 e. The van der Waals surface area contributed by atoms with Crippen LogP contribution < -0.4 is 0 Å². The summed E-state index contributed by atoms with van der Waals surface area (Å²) < 4.78 is 0. The van der Waals surface area contributed by atoms with E-state index in [1.807, 2.05) is 19.9 Å². The smallest absolute Gasteiger partial charge is 0.0840 e. The first-order valence-electron chi connectivity index (χ1n) is 7.11. The van der Waals surface area contributed by atoms with Crippen LogP contribution in [0.3, 0.4) is 0 Å². The van der Waals surface area contributed by atoms with Crippen molar-refractivity contribution in [2.45, 2.75) is 64.9 Å². The number of benzene rings is 1. The first kappa shape index (κ1) is 13.6. The Labute approximate surface area is 111 Å². The molecule has 1 fully saturated rings. The van der Waals surface area contributed by atoms with Crippen LogP contribution in [0.15, 0.2) is 24.3 Å². The van der Waals surface area contributed by atoms with E-state index in [9.17, 15) is 5.11 Å². The standard InChI is InChI=1S/C17H26O/c1-16(2)10-8-13(9-11-16)14-6-5-7-15(12-14)17(3,4)18/h5-7,12-13,18H,8-11H2,1-4H3. The van der Waals surface area contributed by atoms with Crippen molar-refractivity contribution in [2.75, 3.05) is 0 Å². The Bertz CT molecular complexity index is 402. The molecule has 1 N–H and O–H groups in total. The van der Waals surface area contributed by atoms with E-state index in [0.717, 1.165) is 5.56 Å². The SMILES string of the molecule is CC1(C)CCC(c2cccc(C(C)(C)O)c2)CC1. The highest BCUT2D eigenvalue weighted by atomic mass is 16.3. The maximum atomic E-state index is 10.1. The highest BCUT2D eigenvalue weighted by Gasteiger charge is 2.28. The van der Waals surface area contributed by atoms with E-state index in [1.54, 1.807) is 0 Å². The van der Waals surface area contributed by atoms with Gasteiger partial charge in [-0.1, -0.05) is 38.1 Å². The van der Waals surface area contributed by atoms with Crippen LogP contribution in [0.2, 0.25) is 0 Å². The van der Waals surface area contributed by atoms with Crippen molar-refractivity contribution >= 4 is 0 Å². The third kappa shape index (κ3) is 3.14. The fourth-order valence-electron chi connectivity index (χ4n) is 2.91. The maximum absolute atomic E-state index is 10.1. The fourth-order valence-corrected chi connectivity index (χ4v) is 2.91. The van der Waals surface area contributed by atoms with Gasteiger partial charge in [-0.15, -0.1) is 0 Å². The average Bonchev–Trinajstić information content (AvgIpc) is 2.28. The molecule has 1 aromatic rings. The summed E-state index contributed by atoms with van der Waals surface area (Å²) in [6, 6.07) is 8.53. The lowest BCUT2D eigenvalue weighted by atomic mass is 9.71. The summed E-state index contributed by atoms with van der Waals surface area (Å²) in [4.78, 5) is 0. The molecule has 2 rings (SSSR count). The molecule has 0 bridgehead atoms. The van der Waals surface area contributed by atoms with Crippen LogP contribution in [0.25, 0.3) is 0 Å². The monoisotopic (exact) mass is 246 g/mol. The summed E-state index contributed by atoms with van der Waals surface area (Å²) in [5.74, 6) is 0.681. The highest BCUT2D eigenvalue weighted by Crippen LogP contribution is 2.42. The van der Waals surface area contributed by atoms with Crippen LogP contribution in [0.5, 0.6) is 0 Å². The minimum Gasteiger partial charge on any atom is -0.386 e. The van der Waals surface area contributed by atoms with E-state index in [0.29, 0.717) is 11.3 Å². The lowest BCUT2D eigenvalue weighted by Gasteiger charge is -2.35. The molecular weight excluding hydrogens is 220 g/mol. The predicted octanol–water partition coefficient (Wildman–Crippen LogP) is 4.60. The molecule has 0 amide bonds. The normalized spacial score (nSPS) is 20.9. The molecule has 100 valence electrons. The molecular formula is C17H26O. The van der Waals surface area contributed by atoms with Crippen molar-refractivity contribution in [1.29, 1.82) is 0 Å². The summed E-state index contributed by atoms with van der Waals surface area (Å²) in [6.45, 7) is 8.46. The van der Waals surface area contributed by atoms with Crippen LogP contribution in [0.4, 0.5) is 0 Å². The van der Waals surface area contributed by atoms with Gasteiger partial charge in [-0.25, -0.2) is 0 Å². The van der Waals surface area contributed by atoms with Crippen LogP contribution in [-0.2, 0) is 5.60 Å². The molecule has 1 aromatic carbocycles. The third-order valence-corrected chi connectivity index (χ3v) is 4.40. The first-order chi connectivity index (χ1) is 8.28. The zero-order chi connectivity index (χ0) is 13.4. The zero-order valence-corrected chi connectivity index (χ0v) is 12.2. The summed E-state index contributed by atoms with van der Waals surface area (Å²) in [5.41, 5.74) is 2.23. The van der Waals surface area contributed by atoms with Crippen molar-refractivity contribution in [3.05, 3.63) is 35.4 Å². The summed E-state index contributed by atoms with van der Waals surface area (Å²) in [5, 5.41) is 10.1. The van der Waals surface area contributed by atoms with Crippen molar-refractivity contribution in [1.82, 2.24) is 0 Å². The van der Waals surface area contributed by atoms with E-state index >= 15 is 0 Å². The van der Waals surface area contributed by atoms with Gasteiger partial charge in [0.05, 0.1) is 5.60 Å². The summed E-state index contributed by atoms with van der Waals surface area (Å²) >= 11 is 0. The Morgan fingerprint density at radius 1 is 1.17 bits per heavy atom. The van der Waals surface area contributed by atoms with Crippen LogP contribution in [0.1, 0.15) is 70.4 Å². The van der Waals surface area contributed by atoms with Gasteiger partial charge in [0.2, 0.25) is 0 Å². The van der Waals surface area contributed by atoms with Gasteiger partial charge in [0.1, 0.15) is 0 Å². The molecule has 1 saturated carbocycles. The van der Waals surface area contributed by atoms with Gasteiger partial charge in [0, 0.05) is 0 Å². The van der Waals surface area contributed by atoms with Crippen LogP contribution >= 0.6 is 0 Å². The molecule has 1 aliphatic carbocycles. The van der Waals surface area contributed by atoms with Crippen molar-refractivity contribution < 1.29 is 5.11 Å². The van der Waals surface area contributed by atoms with Gasteiger partial charge in [0.25, 0.3) is 0 Å². The number of hydrogen-bond donors (Lipinski definition) is 1. The Balaban J connectivity index is 2.15. The predicted molar refractivity (Wildman–Crippen MR) is 76.7 cm³/mol. The number of hydrogen-bond acceptors (Lipinski definition) is 1. The zero-order valence-electron chi connectivity index (χ0n) is 12.2. The first-order valence-corrected chi connectivity index (χ1v) is 7.11. The van der Waals surface area contributed by atoms with Gasteiger partial charge in [-0.05, 0) is 62.0 Å². The van der Waals surface area contributed by atoms with Crippen LogP contribution in [0, 0.1) is 5.41 Å². The molecule has 0 saturated heterocycles. The van der Waals surface area contributed by atoms with Crippen LogP contribution in [-0.4, -0.2) is 5.11 Å². The molecule has 0 radical (unpaired) electrons. The second-order valence-electron chi connectivity index (χ2n) is 7.12. The Kier molecular flexibility index (Phi) is 3.55. The van der Waals surface area contributed by atoms with Gasteiger partial charge >= 0.3 is 0 Å². The van der Waals surface area contributed by atoms with Gasteiger partial charge in [0.15, 0.2) is 0 Å². The van der Waals surface area contributed by atoms with E-state index in [4.69, 9.17) is 0 Å². The molecule has 18 heavy (non-hydrogen) atoms. The Morgan fingerprint density at radius 3 is 2.33 bits per heavy atom. The third-order valence-electron chi connectivity index (χ3n) is 4.40. The molecule has 1 aliphatic rings. The number of aliphatic hydroxyl groups is 1. The second-order valence-corrected chi connectivity index (χ2v) is 7.12. The molecule has 0 heterocycles. The Hall–Kier alpha value is -0.820. The van der Waals surface area contributed by atoms with Gasteiger partial charge < -0.3 is 5.11 Å². The van der Waals surface area contributed by atoms with E-state index in [2.05, 4.69) is 32.0 Å². The number of rotatable bonds is 2. The minimum absolute atomic E-state index is 0.518. The van der Waals surface area contributed by atoms with Gasteiger partial charge in [-0.3, -0.25) is 0 Å². The molecule has 0 unspecified atom stereocenters. The quantitative estimate of drug-likeness (QED) is 0.808. The topological polar surface area (TPSA) is 20.2 Å². The average molecular weight is 246 g/mol. The molecule has 1 nitrogen and oxygen atoms in total. The summed E-state index contributed by atoms with van der Waals surface area (Å²) in [6.07, 6.45) is 5.18. The molecule has 0 spiro atoms. The molecule has 0 aromatic heterocycles. The molecule has 0 aliphatic heterocycles. The van der Waals surface area contributed by atoms with E-state index in [-0.39, 0.29) is 0 Å². The Morgan fingerprint density at radius 2 is 1.78 bits per heavy atom. The van der Waals surface area contributed by atoms with Crippen molar-refractivity contribution in [3.8, 4) is 0 Å². The summed E-state index contributed by atoms with van der Waals surface area (Å²) in [7, 11) is 0. The van der Waals surface area contributed by atoms with Crippen molar-refractivity contribution in [2.24, 2.45) is 5.41 Å². The second kappa shape index (κ2) is 4.70. The van der Waals surface area contributed by atoms with Crippen molar-refractivity contribution in [3.63, 3.8) is 0 Å². The van der Waals surface area contributed by atoms with E-state index < -0.39 is 5.60 Å².